The molecular weight excluding hydrogens is 242 g/mol. The Morgan fingerprint density at radius 3 is 2.37 bits per heavy atom. The lowest BCUT2D eigenvalue weighted by Crippen LogP contribution is -1.93. The fraction of sp³-hybridized carbons (Fsp3) is 0.200. The highest BCUT2D eigenvalue weighted by Crippen LogP contribution is 2.29. The number of nitrogen functional groups attached to an aromatic ring is 1. The van der Waals surface area contributed by atoms with Gasteiger partial charge >= 0.3 is 0 Å². The van der Waals surface area contributed by atoms with Crippen molar-refractivity contribution in [3.8, 4) is 17.2 Å². The molecule has 0 aliphatic carbocycles. The molecule has 3 N–H and O–H groups in total. The molecule has 2 aromatic carbocycles. The van der Waals surface area contributed by atoms with Crippen molar-refractivity contribution in [2.75, 3.05) is 19.5 Å². The number of hydrogen-bond donors (Lipinski definition) is 2. The van der Waals surface area contributed by atoms with Gasteiger partial charge in [-0.25, -0.2) is 0 Å². The maximum atomic E-state index is 8.85. The van der Waals surface area contributed by atoms with Crippen molar-refractivity contribution in [2.45, 2.75) is 6.42 Å². The number of methoxy groups -OCH3 is 1. The molecule has 4 nitrogen and oxygen atoms in total. The van der Waals surface area contributed by atoms with Crippen molar-refractivity contribution in [1.29, 1.82) is 0 Å². The summed E-state index contributed by atoms with van der Waals surface area (Å²) in [7, 11) is 1.57. The summed E-state index contributed by atoms with van der Waals surface area (Å²) in [5.41, 5.74) is 7.39. The van der Waals surface area contributed by atoms with Crippen molar-refractivity contribution in [1.82, 2.24) is 0 Å². The fourth-order valence-corrected chi connectivity index (χ4v) is 1.74. The van der Waals surface area contributed by atoms with Crippen molar-refractivity contribution in [3.63, 3.8) is 0 Å². The van der Waals surface area contributed by atoms with Crippen LogP contribution in [0.1, 0.15) is 5.56 Å². The van der Waals surface area contributed by atoms with Crippen LogP contribution in [-0.4, -0.2) is 18.8 Å². The molecule has 0 heterocycles. The first kappa shape index (κ1) is 13.2. The van der Waals surface area contributed by atoms with Gasteiger partial charge in [-0.3, -0.25) is 0 Å². The highest BCUT2D eigenvalue weighted by molar-refractivity contribution is 5.56. The maximum absolute atomic E-state index is 8.85. The van der Waals surface area contributed by atoms with E-state index < -0.39 is 0 Å². The quantitative estimate of drug-likeness (QED) is 0.810. The molecule has 0 saturated heterocycles. The second-order valence-corrected chi connectivity index (χ2v) is 4.12. The average molecular weight is 259 g/mol. The molecular formula is C15H17NO3. The number of hydrogen-bond acceptors (Lipinski definition) is 4. The second-order valence-electron chi connectivity index (χ2n) is 4.12. The maximum Gasteiger partial charge on any atom is 0.145 e. The molecule has 0 amide bonds. The van der Waals surface area contributed by atoms with Crippen LogP contribution < -0.4 is 15.2 Å². The zero-order valence-electron chi connectivity index (χ0n) is 10.8. The largest absolute Gasteiger partial charge is 0.494 e. The van der Waals surface area contributed by atoms with Gasteiger partial charge in [0.2, 0.25) is 0 Å². The minimum Gasteiger partial charge on any atom is -0.494 e. The molecule has 0 aliphatic heterocycles. The Bertz CT molecular complexity index is 538. The first-order valence-corrected chi connectivity index (χ1v) is 6.04. The van der Waals surface area contributed by atoms with E-state index in [0.29, 0.717) is 23.6 Å². The standard InChI is InChI=1S/C15H17NO3/c1-18-15-10-13(6-7-14(15)16)19-12-4-2-11(3-5-12)8-9-17/h2-7,10,17H,8-9,16H2,1H3. The van der Waals surface area contributed by atoms with Crippen molar-refractivity contribution >= 4 is 5.69 Å². The summed E-state index contributed by atoms with van der Waals surface area (Å²) in [6, 6.07) is 12.9. The molecule has 0 fully saturated rings. The number of rotatable bonds is 5. The SMILES string of the molecule is COc1cc(Oc2ccc(CCO)cc2)ccc1N. The summed E-state index contributed by atoms with van der Waals surface area (Å²) in [6.45, 7) is 0.148. The van der Waals surface area contributed by atoms with Gasteiger partial charge in [-0.05, 0) is 36.2 Å². The monoisotopic (exact) mass is 259 g/mol. The van der Waals surface area contributed by atoms with E-state index in [4.69, 9.17) is 20.3 Å². The first-order valence-electron chi connectivity index (χ1n) is 6.04. The minimum absolute atomic E-state index is 0.148. The predicted octanol–water partition coefficient (Wildman–Crippen LogP) is 2.60. The Balaban J connectivity index is 2.12. The van der Waals surface area contributed by atoms with Crippen LogP contribution in [0.2, 0.25) is 0 Å². The molecule has 0 unspecified atom stereocenters. The summed E-state index contributed by atoms with van der Waals surface area (Å²) in [5.74, 6) is 1.99. The van der Waals surface area contributed by atoms with E-state index in [1.807, 2.05) is 24.3 Å². The Morgan fingerprint density at radius 1 is 1.05 bits per heavy atom. The Kier molecular flexibility index (Phi) is 4.26. The fourth-order valence-electron chi connectivity index (χ4n) is 1.74. The van der Waals surface area contributed by atoms with Crippen LogP contribution in [0.5, 0.6) is 17.2 Å². The van der Waals surface area contributed by atoms with Crippen LogP contribution in [0.3, 0.4) is 0 Å². The van der Waals surface area contributed by atoms with Crippen LogP contribution in [0, 0.1) is 0 Å². The number of ether oxygens (including phenoxy) is 2. The number of aliphatic hydroxyl groups is 1. The molecule has 0 radical (unpaired) electrons. The van der Waals surface area contributed by atoms with Gasteiger partial charge in [-0.1, -0.05) is 12.1 Å². The molecule has 2 rings (SSSR count). The average Bonchev–Trinajstić information content (AvgIpc) is 2.43. The van der Waals surface area contributed by atoms with Crippen LogP contribution >= 0.6 is 0 Å². The molecule has 0 spiro atoms. The minimum atomic E-state index is 0.148. The van der Waals surface area contributed by atoms with Crippen molar-refractivity contribution in [3.05, 3.63) is 48.0 Å². The van der Waals surface area contributed by atoms with Gasteiger partial charge in [-0.2, -0.15) is 0 Å². The summed E-state index contributed by atoms with van der Waals surface area (Å²) >= 11 is 0. The summed E-state index contributed by atoms with van der Waals surface area (Å²) in [6.07, 6.45) is 0.649. The third-order valence-electron chi connectivity index (χ3n) is 2.76. The van der Waals surface area contributed by atoms with Crippen molar-refractivity contribution < 1.29 is 14.6 Å². The molecule has 4 heteroatoms. The van der Waals surface area contributed by atoms with E-state index >= 15 is 0 Å². The number of anilines is 1. The molecule has 0 saturated carbocycles. The topological polar surface area (TPSA) is 64.7 Å². The highest BCUT2D eigenvalue weighted by atomic mass is 16.5. The van der Waals surface area contributed by atoms with E-state index in [9.17, 15) is 0 Å². The number of aliphatic hydroxyl groups excluding tert-OH is 1. The van der Waals surface area contributed by atoms with Gasteiger partial charge in [-0.15, -0.1) is 0 Å². The summed E-state index contributed by atoms with van der Waals surface area (Å²) < 4.78 is 10.9. The van der Waals surface area contributed by atoms with E-state index in [2.05, 4.69) is 0 Å². The Labute approximate surface area is 112 Å². The zero-order valence-corrected chi connectivity index (χ0v) is 10.8. The lowest BCUT2D eigenvalue weighted by atomic mass is 10.1. The van der Waals surface area contributed by atoms with E-state index in [-0.39, 0.29) is 6.61 Å². The third kappa shape index (κ3) is 3.39. The molecule has 0 bridgehead atoms. The van der Waals surface area contributed by atoms with Crippen LogP contribution in [0.15, 0.2) is 42.5 Å². The van der Waals surface area contributed by atoms with Gasteiger partial charge in [0.15, 0.2) is 0 Å². The van der Waals surface area contributed by atoms with Gasteiger partial charge in [0, 0.05) is 12.7 Å². The molecule has 0 atom stereocenters. The van der Waals surface area contributed by atoms with Gasteiger partial charge in [0.05, 0.1) is 12.8 Å². The van der Waals surface area contributed by atoms with Crippen LogP contribution in [-0.2, 0) is 6.42 Å². The molecule has 100 valence electrons. The Hall–Kier alpha value is -2.20. The lowest BCUT2D eigenvalue weighted by Gasteiger charge is -2.09. The Morgan fingerprint density at radius 2 is 1.74 bits per heavy atom. The van der Waals surface area contributed by atoms with Gasteiger partial charge < -0.3 is 20.3 Å². The van der Waals surface area contributed by atoms with E-state index in [1.165, 1.54) is 0 Å². The second kappa shape index (κ2) is 6.11. The normalized spacial score (nSPS) is 10.2. The van der Waals surface area contributed by atoms with Gasteiger partial charge in [0.1, 0.15) is 17.2 Å². The highest BCUT2D eigenvalue weighted by Gasteiger charge is 2.03. The van der Waals surface area contributed by atoms with Crippen molar-refractivity contribution in [2.24, 2.45) is 0 Å². The number of benzene rings is 2. The van der Waals surface area contributed by atoms with Crippen LogP contribution in [0.25, 0.3) is 0 Å². The third-order valence-corrected chi connectivity index (χ3v) is 2.76. The first-order chi connectivity index (χ1) is 9.22. The molecule has 0 aromatic heterocycles. The molecule has 2 aromatic rings. The zero-order chi connectivity index (χ0) is 13.7. The molecule has 19 heavy (non-hydrogen) atoms. The lowest BCUT2D eigenvalue weighted by molar-refractivity contribution is 0.299. The summed E-state index contributed by atoms with van der Waals surface area (Å²) in [4.78, 5) is 0. The smallest absolute Gasteiger partial charge is 0.145 e. The summed E-state index contributed by atoms with van der Waals surface area (Å²) in [5, 5.41) is 8.85. The van der Waals surface area contributed by atoms with E-state index in [1.54, 1.807) is 25.3 Å². The van der Waals surface area contributed by atoms with E-state index in [0.717, 1.165) is 11.3 Å². The van der Waals surface area contributed by atoms with Crippen LogP contribution in [0.4, 0.5) is 5.69 Å². The van der Waals surface area contributed by atoms with Gasteiger partial charge in [0.25, 0.3) is 0 Å². The number of nitrogens with two attached hydrogens (primary N) is 1. The predicted molar refractivity (Wildman–Crippen MR) is 74.7 cm³/mol. The molecule has 0 aliphatic rings.